The predicted octanol–water partition coefficient (Wildman–Crippen LogP) is 4.71. The van der Waals surface area contributed by atoms with Crippen molar-refractivity contribution >= 4 is 29.9 Å². The van der Waals surface area contributed by atoms with Crippen LogP contribution in [0.2, 0.25) is 0 Å². The summed E-state index contributed by atoms with van der Waals surface area (Å²) in [6.45, 7) is 8.02. The number of hydrogen-bond acceptors (Lipinski definition) is 4. The largest absolute Gasteiger partial charge is 0.493 e. The lowest BCUT2D eigenvalue weighted by atomic mass is 10.1. The van der Waals surface area contributed by atoms with E-state index >= 15 is 0 Å². The number of halogens is 1. The number of rotatable bonds is 9. The van der Waals surface area contributed by atoms with E-state index < -0.39 is 0 Å². The lowest BCUT2D eigenvalue weighted by Crippen LogP contribution is -2.38. The number of methoxy groups -OCH3 is 1. The Balaban J connectivity index is 0.00000363. The van der Waals surface area contributed by atoms with E-state index in [1.165, 1.54) is 0 Å². The highest BCUT2D eigenvalue weighted by Gasteiger charge is 2.10. The first-order chi connectivity index (χ1) is 15.1. The van der Waals surface area contributed by atoms with Crippen molar-refractivity contribution < 1.29 is 9.47 Å². The number of nitrogens with one attached hydrogen (secondary N) is 2. The summed E-state index contributed by atoms with van der Waals surface area (Å²) in [5.41, 5.74) is 3.23. The van der Waals surface area contributed by atoms with Crippen molar-refractivity contribution in [3.63, 3.8) is 0 Å². The van der Waals surface area contributed by atoms with Gasteiger partial charge < -0.3 is 20.1 Å². The zero-order chi connectivity index (χ0) is 22.1. The van der Waals surface area contributed by atoms with E-state index in [9.17, 15) is 0 Å². The molecule has 0 amide bonds. The number of nitrogens with zero attached hydrogens (tertiary/aromatic N) is 3. The van der Waals surface area contributed by atoms with Gasteiger partial charge in [0.1, 0.15) is 0 Å². The van der Waals surface area contributed by atoms with Crippen LogP contribution in [0.15, 0.2) is 65.9 Å². The molecule has 2 N–H and O–H groups in total. The summed E-state index contributed by atoms with van der Waals surface area (Å²) >= 11 is 0. The van der Waals surface area contributed by atoms with Gasteiger partial charge in [-0.15, -0.1) is 24.0 Å². The molecule has 0 aliphatic rings. The second kappa shape index (κ2) is 12.9. The normalized spacial score (nSPS) is 11.9. The third-order valence-electron chi connectivity index (χ3n) is 4.78. The second-order valence-corrected chi connectivity index (χ2v) is 7.03. The monoisotopic (exact) mass is 549 g/mol. The number of aromatic nitrogens is 2. The maximum atomic E-state index is 5.68. The molecule has 172 valence electrons. The van der Waals surface area contributed by atoms with E-state index in [1.54, 1.807) is 13.3 Å². The number of benzene rings is 2. The lowest BCUT2D eigenvalue weighted by Gasteiger charge is -2.19. The van der Waals surface area contributed by atoms with Crippen molar-refractivity contribution in [3.05, 3.63) is 72.1 Å². The first-order valence-corrected chi connectivity index (χ1v) is 10.6. The Bertz CT molecular complexity index is 992. The average Bonchev–Trinajstić information content (AvgIpc) is 3.33. The highest BCUT2D eigenvalue weighted by molar-refractivity contribution is 14.0. The van der Waals surface area contributed by atoms with E-state index in [2.05, 4.69) is 41.7 Å². The van der Waals surface area contributed by atoms with E-state index in [0.717, 1.165) is 40.8 Å². The van der Waals surface area contributed by atoms with Crippen molar-refractivity contribution in [2.75, 3.05) is 20.3 Å². The zero-order valence-corrected chi connectivity index (χ0v) is 21.4. The van der Waals surface area contributed by atoms with E-state index in [-0.39, 0.29) is 30.0 Å². The van der Waals surface area contributed by atoms with Gasteiger partial charge >= 0.3 is 0 Å². The lowest BCUT2D eigenvalue weighted by molar-refractivity contribution is 0.310. The summed E-state index contributed by atoms with van der Waals surface area (Å²) in [5.74, 6) is 2.22. The first-order valence-electron chi connectivity index (χ1n) is 10.6. The summed E-state index contributed by atoms with van der Waals surface area (Å²) in [4.78, 5) is 4.76. The molecule has 1 unspecified atom stereocenters. The van der Waals surface area contributed by atoms with Crippen molar-refractivity contribution in [3.8, 4) is 17.2 Å². The molecule has 0 bridgehead atoms. The molecule has 0 saturated heterocycles. The van der Waals surface area contributed by atoms with Gasteiger partial charge in [0.05, 0.1) is 32.0 Å². The van der Waals surface area contributed by atoms with Crippen molar-refractivity contribution in [2.24, 2.45) is 4.99 Å². The van der Waals surface area contributed by atoms with Crippen LogP contribution in [0.25, 0.3) is 5.69 Å². The maximum absolute atomic E-state index is 5.68. The van der Waals surface area contributed by atoms with Gasteiger partial charge in [0.2, 0.25) is 0 Å². The first kappa shape index (κ1) is 25.5. The van der Waals surface area contributed by atoms with E-state index in [1.807, 2.05) is 54.2 Å². The topological polar surface area (TPSA) is 72.7 Å². The molecule has 32 heavy (non-hydrogen) atoms. The van der Waals surface area contributed by atoms with Gasteiger partial charge in [-0.05, 0) is 62.2 Å². The quantitative estimate of drug-likeness (QED) is 0.230. The fraction of sp³-hybridized carbons (Fsp3) is 0.333. The van der Waals surface area contributed by atoms with Crippen LogP contribution in [0.1, 0.15) is 37.9 Å². The molecule has 1 aromatic heterocycles. The molecule has 8 heteroatoms. The van der Waals surface area contributed by atoms with Gasteiger partial charge in [0.25, 0.3) is 0 Å². The summed E-state index contributed by atoms with van der Waals surface area (Å²) in [5, 5.41) is 11.1. The molecule has 0 aliphatic carbocycles. The molecular weight excluding hydrogens is 517 g/mol. The highest BCUT2D eigenvalue weighted by atomic mass is 127. The molecule has 7 nitrogen and oxygen atoms in total. The molecule has 0 radical (unpaired) electrons. The molecule has 0 fully saturated rings. The number of ether oxygens (including phenoxy) is 2. The van der Waals surface area contributed by atoms with Gasteiger partial charge in [-0.3, -0.25) is 0 Å². The van der Waals surface area contributed by atoms with Crippen molar-refractivity contribution in [2.45, 2.75) is 33.4 Å². The summed E-state index contributed by atoms with van der Waals surface area (Å²) in [7, 11) is 1.64. The standard InChI is InChI=1S/C24H31N5O2.HI/c1-5-25-24(26-17-19-11-12-22(30-4)23(15-19)31-6-2)28-18(3)20-9-7-10-21(16-20)29-14-8-13-27-29;/h7-16,18H,5-6,17H2,1-4H3,(H2,25,26,28);1H. The fourth-order valence-corrected chi connectivity index (χ4v) is 3.22. The molecule has 3 aromatic rings. The SMILES string of the molecule is CCNC(=NCc1ccc(OC)c(OCC)c1)NC(C)c1cccc(-n2cccn2)c1.I. The van der Waals surface area contributed by atoms with Crippen LogP contribution in [0.4, 0.5) is 0 Å². The number of guanidine groups is 1. The molecule has 2 aromatic carbocycles. The molecular formula is C24H32IN5O2. The minimum atomic E-state index is 0. The third kappa shape index (κ3) is 6.88. The molecule has 1 heterocycles. The van der Waals surface area contributed by atoms with Crippen LogP contribution in [-0.4, -0.2) is 36.0 Å². The van der Waals surface area contributed by atoms with Crippen molar-refractivity contribution in [1.29, 1.82) is 0 Å². The van der Waals surface area contributed by atoms with E-state index in [0.29, 0.717) is 13.2 Å². The predicted molar refractivity (Wildman–Crippen MR) is 140 cm³/mol. The Hall–Kier alpha value is -2.75. The van der Waals surface area contributed by atoms with Gasteiger partial charge in [0, 0.05) is 18.9 Å². The van der Waals surface area contributed by atoms with Gasteiger partial charge in [-0.25, -0.2) is 9.67 Å². The van der Waals surface area contributed by atoms with Crippen LogP contribution in [0, 0.1) is 0 Å². The van der Waals surface area contributed by atoms with Gasteiger partial charge in [0.15, 0.2) is 17.5 Å². The van der Waals surface area contributed by atoms with Crippen LogP contribution in [-0.2, 0) is 6.54 Å². The van der Waals surface area contributed by atoms with Gasteiger partial charge in [-0.2, -0.15) is 5.10 Å². The minimum absolute atomic E-state index is 0. The molecule has 0 saturated carbocycles. The van der Waals surface area contributed by atoms with Crippen LogP contribution in [0.3, 0.4) is 0 Å². The molecule has 0 aliphatic heterocycles. The highest BCUT2D eigenvalue weighted by Crippen LogP contribution is 2.28. The molecule has 3 rings (SSSR count). The molecule has 1 atom stereocenters. The van der Waals surface area contributed by atoms with Crippen molar-refractivity contribution in [1.82, 2.24) is 20.4 Å². The fourth-order valence-electron chi connectivity index (χ4n) is 3.22. The second-order valence-electron chi connectivity index (χ2n) is 7.03. The summed E-state index contributed by atoms with van der Waals surface area (Å²) < 4.78 is 12.9. The van der Waals surface area contributed by atoms with Gasteiger partial charge in [-0.1, -0.05) is 18.2 Å². The Morgan fingerprint density at radius 2 is 1.97 bits per heavy atom. The minimum Gasteiger partial charge on any atom is -0.493 e. The average molecular weight is 549 g/mol. The van der Waals surface area contributed by atoms with Crippen LogP contribution in [0.5, 0.6) is 11.5 Å². The van der Waals surface area contributed by atoms with E-state index in [4.69, 9.17) is 14.5 Å². The maximum Gasteiger partial charge on any atom is 0.192 e. The smallest absolute Gasteiger partial charge is 0.192 e. The Labute approximate surface area is 207 Å². The summed E-state index contributed by atoms with van der Waals surface area (Å²) in [6.07, 6.45) is 3.72. The molecule has 0 spiro atoms. The zero-order valence-electron chi connectivity index (χ0n) is 19.0. The number of hydrogen-bond donors (Lipinski definition) is 2. The number of aliphatic imine (C=N–C) groups is 1. The third-order valence-corrected chi connectivity index (χ3v) is 4.78. The Morgan fingerprint density at radius 3 is 2.66 bits per heavy atom. The van der Waals surface area contributed by atoms with Crippen LogP contribution >= 0.6 is 24.0 Å². The van der Waals surface area contributed by atoms with Crippen LogP contribution < -0.4 is 20.1 Å². The summed E-state index contributed by atoms with van der Waals surface area (Å²) in [6, 6.07) is 16.2. The Morgan fingerprint density at radius 1 is 1.12 bits per heavy atom. The Kier molecular flexibility index (Phi) is 10.3.